The van der Waals surface area contributed by atoms with Gasteiger partial charge in [-0.15, -0.1) is 0 Å². The lowest BCUT2D eigenvalue weighted by Gasteiger charge is -2.28. The van der Waals surface area contributed by atoms with E-state index in [0.717, 1.165) is 41.8 Å². The number of pyridine rings is 1. The van der Waals surface area contributed by atoms with Crippen molar-refractivity contribution in [1.82, 2.24) is 9.97 Å². The number of nitrogens with zero attached hydrogens (tertiary/aromatic N) is 2. The number of rotatable bonds is 8. The number of hydrogen-bond acceptors (Lipinski definition) is 9. The van der Waals surface area contributed by atoms with Crippen LogP contribution in [0.15, 0.2) is 35.4 Å². The Bertz CT molecular complexity index is 1400. The Morgan fingerprint density at radius 1 is 1.16 bits per heavy atom. The lowest BCUT2D eigenvalue weighted by molar-refractivity contribution is 0.0600. The molecule has 4 rings (SSSR count). The van der Waals surface area contributed by atoms with Gasteiger partial charge < -0.3 is 14.8 Å². The lowest BCUT2D eigenvalue weighted by Crippen LogP contribution is -2.30. The van der Waals surface area contributed by atoms with Gasteiger partial charge in [-0.1, -0.05) is 11.3 Å². The molecule has 0 spiro atoms. The number of thiazole rings is 1. The molecule has 9 nitrogen and oxygen atoms in total. The maximum atomic E-state index is 13.4. The molecule has 0 radical (unpaired) electrons. The fourth-order valence-corrected chi connectivity index (χ4v) is 6.78. The van der Waals surface area contributed by atoms with Gasteiger partial charge >= 0.3 is 5.97 Å². The van der Waals surface area contributed by atoms with E-state index in [0.29, 0.717) is 34.0 Å². The third-order valence-corrected chi connectivity index (χ3v) is 9.22. The van der Waals surface area contributed by atoms with E-state index in [1.807, 2.05) is 6.92 Å². The highest BCUT2D eigenvalue weighted by Crippen LogP contribution is 2.35. The zero-order valence-corrected chi connectivity index (χ0v) is 23.3. The first-order valence-corrected chi connectivity index (χ1v) is 14.4. The van der Waals surface area contributed by atoms with Gasteiger partial charge in [0, 0.05) is 31.0 Å². The number of nitrogens with one attached hydrogen (secondary N) is 2. The molecule has 1 aromatic carbocycles. The van der Waals surface area contributed by atoms with E-state index in [2.05, 4.69) is 21.9 Å². The molecule has 0 amide bonds. The Morgan fingerprint density at radius 2 is 1.89 bits per heavy atom. The van der Waals surface area contributed by atoms with Gasteiger partial charge in [-0.2, -0.15) is 0 Å². The minimum atomic E-state index is -3.95. The van der Waals surface area contributed by atoms with Crippen LogP contribution in [-0.2, 0) is 19.5 Å². The van der Waals surface area contributed by atoms with E-state index in [4.69, 9.17) is 14.5 Å². The molecule has 11 heteroatoms. The molecule has 0 bridgehead atoms. The number of hydrogen-bond donors (Lipinski definition) is 2. The number of aromatic nitrogens is 2. The van der Waals surface area contributed by atoms with Crippen molar-refractivity contribution in [3.63, 3.8) is 0 Å². The number of carbonyl (C=O) groups excluding carboxylic acids is 1. The van der Waals surface area contributed by atoms with E-state index in [-0.39, 0.29) is 10.9 Å². The van der Waals surface area contributed by atoms with Crippen LogP contribution in [0.25, 0.3) is 10.4 Å². The van der Waals surface area contributed by atoms with Gasteiger partial charge in [0.15, 0.2) is 5.13 Å². The molecule has 3 heterocycles. The van der Waals surface area contributed by atoms with Gasteiger partial charge in [-0.3, -0.25) is 9.71 Å². The predicted octanol–water partition coefficient (Wildman–Crippen LogP) is 4.94. The van der Waals surface area contributed by atoms with E-state index in [1.54, 1.807) is 38.2 Å². The summed E-state index contributed by atoms with van der Waals surface area (Å²) in [6, 6.07) is 6.55. The highest BCUT2D eigenvalue weighted by atomic mass is 32.2. The molecule has 2 aromatic heterocycles. The summed E-state index contributed by atoms with van der Waals surface area (Å²) >= 11 is 1.49. The first-order chi connectivity index (χ1) is 17.6. The summed E-state index contributed by atoms with van der Waals surface area (Å²) in [4.78, 5) is 21.8. The average Bonchev–Trinajstić information content (AvgIpc) is 3.24. The first-order valence-electron chi connectivity index (χ1n) is 12.1. The van der Waals surface area contributed by atoms with E-state index in [9.17, 15) is 13.2 Å². The first kappa shape index (κ1) is 27.0. The second-order valence-electron chi connectivity index (χ2n) is 9.25. The summed E-state index contributed by atoms with van der Waals surface area (Å²) in [6.45, 7) is 9.03. The van der Waals surface area contributed by atoms with Crippen LogP contribution in [0.3, 0.4) is 0 Å². The van der Waals surface area contributed by atoms with Crippen molar-refractivity contribution >= 4 is 38.1 Å². The van der Waals surface area contributed by atoms with Gasteiger partial charge in [0.05, 0.1) is 34.6 Å². The largest absolute Gasteiger partial charge is 0.465 e. The smallest absolute Gasteiger partial charge is 0.337 e. The summed E-state index contributed by atoms with van der Waals surface area (Å²) in [7, 11) is -2.65. The molecule has 1 saturated heterocycles. The van der Waals surface area contributed by atoms with Gasteiger partial charge in [0.1, 0.15) is 4.90 Å². The van der Waals surface area contributed by atoms with Crippen molar-refractivity contribution in [2.24, 2.45) is 5.92 Å². The number of anilines is 2. The molecule has 1 fully saturated rings. The number of benzene rings is 1. The maximum absolute atomic E-state index is 13.4. The van der Waals surface area contributed by atoms with Crippen molar-refractivity contribution in [3.05, 3.63) is 53.0 Å². The highest BCUT2D eigenvalue weighted by Gasteiger charge is 2.24. The minimum absolute atomic E-state index is 0.0827. The van der Waals surface area contributed by atoms with Crippen molar-refractivity contribution in [2.45, 2.75) is 51.5 Å². The van der Waals surface area contributed by atoms with Crippen LogP contribution in [0.1, 0.15) is 47.1 Å². The molecule has 198 valence electrons. The fraction of sp³-hybridized carbons (Fsp3) is 0.423. The zero-order chi connectivity index (χ0) is 26.7. The second-order valence-corrected chi connectivity index (χ2v) is 11.9. The van der Waals surface area contributed by atoms with Crippen LogP contribution < -0.4 is 10.0 Å². The molecular formula is C26H32N4O5S2. The number of ether oxygens (including phenoxy) is 2. The Kier molecular flexibility index (Phi) is 8.15. The number of sulfonamides is 1. The van der Waals surface area contributed by atoms with Crippen LogP contribution >= 0.6 is 11.3 Å². The third kappa shape index (κ3) is 6.11. The topological polar surface area (TPSA) is 120 Å². The molecule has 3 aromatic rings. The molecule has 0 saturated carbocycles. The molecule has 0 aliphatic carbocycles. The minimum Gasteiger partial charge on any atom is -0.465 e. The van der Waals surface area contributed by atoms with Gasteiger partial charge in [0.2, 0.25) is 0 Å². The molecule has 1 aliphatic heterocycles. The molecule has 2 N–H and O–H groups in total. The Balaban J connectivity index is 1.58. The molecule has 1 unspecified atom stereocenters. The molecule has 1 atom stereocenters. The van der Waals surface area contributed by atoms with E-state index in [1.165, 1.54) is 24.5 Å². The predicted molar refractivity (Wildman–Crippen MR) is 145 cm³/mol. The van der Waals surface area contributed by atoms with Gasteiger partial charge in [-0.25, -0.2) is 18.2 Å². The standard InChI is InChI=1S/C26H32N4O5S2/c1-15-12-20(25(31)34-5)6-7-22(15)30-37(32,33)23-13-21(14-27-17(23)3)24-18(4)29-26(36-24)28-16(2)19-8-10-35-11-9-19/h6-7,12-14,16,19,30H,8-11H2,1-5H3,(H,28,29). The monoisotopic (exact) mass is 544 g/mol. The maximum Gasteiger partial charge on any atom is 0.337 e. The summed E-state index contributed by atoms with van der Waals surface area (Å²) in [5.74, 6) is 0.0385. The van der Waals surface area contributed by atoms with Crippen molar-refractivity contribution < 1.29 is 22.7 Å². The summed E-state index contributed by atoms with van der Waals surface area (Å²) in [5.41, 5.74) is 3.20. The van der Waals surface area contributed by atoms with Crippen molar-refractivity contribution in [1.29, 1.82) is 0 Å². The summed E-state index contributed by atoms with van der Waals surface area (Å²) in [6.07, 6.45) is 3.72. The van der Waals surface area contributed by atoms with Gasteiger partial charge in [-0.05, 0) is 76.3 Å². The quantitative estimate of drug-likeness (QED) is 0.383. The second kappa shape index (κ2) is 11.2. The van der Waals surface area contributed by atoms with Crippen LogP contribution in [0.4, 0.5) is 10.8 Å². The Morgan fingerprint density at radius 3 is 2.57 bits per heavy atom. The molecular weight excluding hydrogens is 512 g/mol. The molecule has 37 heavy (non-hydrogen) atoms. The van der Waals surface area contributed by atoms with E-state index >= 15 is 0 Å². The number of carbonyl (C=O) groups is 1. The highest BCUT2D eigenvalue weighted by molar-refractivity contribution is 7.92. The van der Waals surface area contributed by atoms with Crippen LogP contribution in [-0.4, -0.2) is 50.7 Å². The molecule has 1 aliphatic rings. The van der Waals surface area contributed by atoms with Crippen LogP contribution in [0, 0.1) is 26.7 Å². The Labute approximate surface area is 221 Å². The zero-order valence-electron chi connectivity index (χ0n) is 21.6. The number of esters is 1. The number of aryl methyl sites for hydroxylation is 3. The van der Waals surface area contributed by atoms with Crippen molar-refractivity contribution in [2.75, 3.05) is 30.4 Å². The average molecular weight is 545 g/mol. The van der Waals surface area contributed by atoms with Crippen LogP contribution in [0.2, 0.25) is 0 Å². The fourth-order valence-electron chi connectivity index (χ4n) is 4.39. The lowest BCUT2D eigenvalue weighted by atomic mass is 9.93. The Hall–Kier alpha value is -3.02. The normalized spacial score (nSPS) is 15.3. The van der Waals surface area contributed by atoms with E-state index < -0.39 is 16.0 Å². The van der Waals surface area contributed by atoms with Crippen molar-refractivity contribution in [3.8, 4) is 10.4 Å². The third-order valence-electron chi connectivity index (χ3n) is 6.60. The summed E-state index contributed by atoms with van der Waals surface area (Å²) < 4.78 is 39.6. The SMILES string of the molecule is COC(=O)c1ccc(NS(=O)(=O)c2cc(-c3sc(NC(C)C4CCOCC4)nc3C)cnc2C)c(C)c1. The summed E-state index contributed by atoms with van der Waals surface area (Å²) in [5, 5.41) is 4.32. The van der Waals surface area contributed by atoms with Crippen LogP contribution in [0.5, 0.6) is 0 Å². The van der Waals surface area contributed by atoms with Gasteiger partial charge in [0.25, 0.3) is 10.0 Å². The number of methoxy groups -OCH3 is 1.